The number of hydrogen-bond donors (Lipinski definition) is 2. The summed E-state index contributed by atoms with van der Waals surface area (Å²) in [6.45, 7) is 3.85. The van der Waals surface area contributed by atoms with Crippen molar-refractivity contribution in [2.24, 2.45) is 5.73 Å². The molecule has 1 rings (SSSR count). The molecule has 0 aliphatic carbocycles. The lowest BCUT2D eigenvalue weighted by Crippen LogP contribution is -2.23. The van der Waals surface area contributed by atoms with Crippen LogP contribution in [0, 0.1) is 0 Å². The molecule has 1 heterocycles. The molecule has 0 fully saturated rings. The number of anilines is 1. The monoisotopic (exact) mass is 307 g/mol. The molecule has 0 aliphatic heterocycles. The molecule has 1 unspecified atom stereocenters. The van der Waals surface area contributed by atoms with Crippen LogP contribution < -0.4 is 11.1 Å². The number of aromatic nitrogens is 1. The number of amides is 1. The Morgan fingerprint density at radius 1 is 1.58 bits per heavy atom. The van der Waals surface area contributed by atoms with Gasteiger partial charge in [-0.25, -0.2) is 4.98 Å². The van der Waals surface area contributed by atoms with Gasteiger partial charge in [0.25, 0.3) is 0 Å². The van der Waals surface area contributed by atoms with Crippen molar-refractivity contribution in [2.75, 3.05) is 11.9 Å². The van der Waals surface area contributed by atoms with Gasteiger partial charge in [0.05, 0.1) is 18.7 Å². The topological polar surface area (TPSA) is 94.3 Å². The molecule has 1 aromatic heterocycles. The standard InChI is InChI=1S/C11H17N3O3S.ClH/c1-3-17-10(16)5-8-6-18-11(13-8)14-9(15)4-7(2)12;/h6-7H,3-5,12H2,1-2H3,(H,13,14,15);1H. The number of esters is 1. The molecule has 0 bridgehead atoms. The fourth-order valence-electron chi connectivity index (χ4n) is 1.27. The summed E-state index contributed by atoms with van der Waals surface area (Å²) in [5, 5.41) is 4.83. The van der Waals surface area contributed by atoms with Gasteiger partial charge < -0.3 is 15.8 Å². The Kier molecular flexibility index (Phi) is 8.29. The number of nitrogens with zero attached hydrogens (tertiary/aromatic N) is 1. The Hall–Kier alpha value is -1.18. The molecule has 6 nitrogen and oxygen atoms in total. The van der Waals surface area contributed by atoms with E-state index in [1.807, 2.05) is 0 Å². The average molecular weight is 308 g/mol. The Morgan fingerprint density at radius 3 is 2.84 bits per heavy atom. The van der Waals surface area contributed by atoms with E-state index in [0.29, 0.717) is 17.4 Å². The average Bonchev–Trinajstić information content (AvgIpc) is 2.64. The number of rotatable bonds is 6. The first-order valence-corrected chi connectivity index (χ1v) is 6.54. The Morgan fingerprint density at radius 2 is 2.26 bits per heavy atom. The van der Waals surface area contributed by atoms with Crippen LogP contribution >= 0.6 is 23.7 Å². The summed E-state index contributed by atoms with van der Waals surface area (Å²) < 4.78 is 4.81. The molecule has 0 radical (unpaired) electrons. The molecule has 1 amide bonds. The van der Waals surface area contributed by atoms with Crippen LogP contribution in [0.15, 0.2) is 5.38 Å². The van der Waals surface area contributed by atoms with E-state index >= 15 is 0 Å². The van der Waals surface area contributed by atoms with E-state index in [1.54, 1.807) is 19.2 Å². The van der Waals surface area contributed by atoms with Crippen LogP contribution in [0.5, 0.6) is 0 Å². The number of carbonyl (C=O) groups excluding carboxylic acids is 2. The molecule has 0 spiro atoms. The summed E-state index contributed by atoms with van der Waals surface area (Å²) in [6.07, 6.45) is 0.361. The molecule has 0 saturated heterocycles. The van der Waals surface area contributed by atoms with Crippen molar-refractivity contribution in [3.05, 3.63) is 11.1 Å². The zero-order valence-corrected chi connectivity index (χ0v) is 12.5. The highest BCUT2D eigenvalue weighted by molar-refractivity contribution is 7.13. The second-order valence-corrected chi connectivity index (χ2v) is 4.71. The molecule has 108 valence electrons. The summed E-state index contributed by atoms with van der Waals surface area (Å²) in [6, 6.07) is -0.191. The lowest BCUT2D eigenvalue weighted by atomic mass is 10.2. The van der Waals surface area contributed by atoms with Crippen molar-refractivity contribution < 1.29 is 14.3 Å². The molecule has 0 aliphatic rings. The van der Waals surface area contributed by atoms with Crippen molar-refractivity contribution in [1.82, 2.24) is 4.98 Å². The number of thiazole rings is 1. The zero-order chi connectivity index (χ0) is 13.5. The van der Waals surface area contributed by atoms with Crippen LogP contribution in [0.4, 0.5) is 5.13 Å². The van der Waals surface area contributed by atoms with Crippen LogP contribution in [-0.2, 0) is 20.7 Å². The van der Waals surface area contributed by atoms with E-state index in [4.69, 9.17) is 10.5 Å². The van der Waals surface area contributed by atoms with Crippen molar-refractivity contribution in [2.45, 2.75) is 32.7 Å². The van der Waals surface area contributed by atoms with E-state index in [-0.39, 0.29) is 43.2 Å². The van der Waals surface area contributed by atoms with E-state index < -0.39 is 0 Å². The van der Waals surface area contributed by atoms with Gasteiger partial charge in [0.2, 0.25) is 5.91 Å². The van der Waals surface area contributed by atoms with E-state index in [0.717, 1.165) is 0 Å². The summed E-state index contributed by atoms with van der Waals surface area (Å²) in [4.78, 5) is 26.8. The quantitative estimate of drug-likeness (QED) is 0.774. The zero-order valence-electron chi connectivity index (χ0n) is 10.8. The summed E-state index contributed by atoms with van der Waals surface area (Å²) in [5.74, 6) is -0.502. The lowest BCUT2D eigenvalue weighted by Gasteiger charge is -2.03. The molecule has 3 N–H and O–H groups in total. The first-order chi connectivity index (χ1) is 8.51. The first kappa shape index (κ1) is 17.8. The number of carbonyl (C=O) groups is 2. The van der Waals surface area contributed by atoms with Gasteiger partial charge in [0.1, 0.15) is 0 Å². The first-order valence-electron chi connectivity index (χ1n) is 5.66. The largest absolute Gasteiger partial charge is 0.466 e. The highest BCUT2D eigenvalue weighted by atomic mass is 35.5. The normalized spacial score (nSPS) is 11.3. The molecule has 0 saturated carbocycles. The second kappa shape index (κ2) is 8.84. The third-order valence-electron chi connectivity index (χ3n) is 1.94. The van der Waals surface area contributed by atoms with Crippen LogP contribution in [0.2, 0.25) is 0 Å². The predicted molar refractivity (Wildman–Crippen MR) is 76.6 cm³/mol. The van der Waals surface area contributed by atoms with E-state index in [2.05, 4.69) is 10.3 Å². The van der Waals surface area contributed by atoms with Gasteiger partial charge >= 0.3 is 5.97 Å². The van der Waals surface area contributed by atoms with E-state index in [9.17, 15) is 9.59 Å². The fourth-order valence-corrected chi connectivity index (χ4v) is 1.99. The van der Waals surface area contributed by atoms with Gasteiger partial charge in [0, 0.05) is 17.8 Å². The van der Waals surface area contributed by atoms with Crippen molar-refractivity contribution >= 4 is 40.8 Å². The molecule has 1 aromatic rings. The SMILES string of the molecule is CCOC(=O)Cc1csc(NC(=O)CC(C)N)n1.Cl. The maximum absolute atomic E-state index is 11.4. The molecule has 0 aromatic carbocycles. The third-order valence-corrected chi connectivity index (χ3v) is 2.74. The highest BCUT2D eigenvalue weighted by Crippen LogP contribution is 2.16. The number of halogens is 1. The van der Waals surface area contributed by atoms with Crippen LogP contribution in [-0.4, -0.2) is 29.5 Å². The maximum Gasteiger partial charge on any atom is 0.311 e. The van der Waals surface area contributed by atoms with Gasteiger partial charge in [-0.1, -0.05) is 0 Å². The van der Waals surface area contributed by atoms with Gasteiger partial charge in [0.15, 0.2) is 5.13 Å². The number of hydrogen-bond acceptors (Lipinski definition) is 6. The maximum atomic E-state index is 11.4. The van der Waals surface area contributed by atoms with Crippen molar-refractivity contribution in [3.63, 3.8) is 0 Å². The minimum Gasteiger partial charge on any atom is -0.466 e. The van der Waals surface area contributed by atoms with Gasteiger partial charge in [-0.15, -0.1) is 23.7 Å². The Labute approximate surface area is 122 Å². The van der Waals surface area contributed by atoms with Crippen LogP contribution in [0.25, 0.3) is 0 Å². The summed E-state index contributed by atoms with van der Waals surface area (Å²) in [7, 11) is 0. The van der Waals surface area contributed by atoms with Crippen LogP contribution in [0.1, 0.15) is 26.0 Å². The summed E-state index contributed by atoms with van der Waals surface area (Å²) in [5.41, 5.74) is 6.10. The van der Waals surface area contributed by atoms with Gasteiger partial charge in [-0.2, -0.15) is 0 Å². The third kappa shape index (κ3) is 7.09. The minimum atomic E-state index is -0.323. The Bertz CT molecular complexity index is 423. The molecule has 8 heteroatoms. The molecule has 1 atom stereocenters. The van der Waals surface area contributed by atoms with Crippen LogP contribution in [0.3, 0.4) is 0 Å². The van der Waals surface area contributed by atoms with Gasteiger partial charge in [-0.05, 0) is 13.8 Å². The number of nitrogens with two attached hydrogens (primary N) is 1. The van der Waals surface area contributed by atoms with Crippen molar-refractivity contribution in [1.29, 1.82) is 0 Å². The number of nitrogens with one attached hydrogen (secondary N) is 1. The Balaban J connectivity index is 0.00000324. The second-order valence-electron chi connectivity index (χ2n) is 3.86. The van der Waals surface area contributed by atoms with Crippen molar-refractivity contribution in [3.8, 4) is 0 Å². The smallest absolute Gasteiger partial charge is 0.311 e. The number of ether oxygens (including phenoxy) is 1. The van der Waals surface area contributed by atoms with E-state index in [1.165, 1.54) is 11.3 Å². The van der Waals surface area contributed by atoms with Gasteiger partial charge in [-0.3, -0.25) is 9.59 Å². The molecular formula is C11H18ClN3O3S. The minimum absolute atomic E-state index is 0. The fraction of sp³-hybridized carbons (Fsp3) is 0.545. The highest BCUT2D eigenvalue weighted by Gasteiger charge is 2.11. The predicted octanol–water partition coefficient (Wildman–Crippen LogP) is 1.35. The lowest BCUT2D eigenvalue weighted by molar-refractivity contribution is -0.142. The molecule has 19 heavy (non-hydrogen) atoms. The molecular weight excluding hydrogens is 290 g/mol. The summed E-state index contributed by atoms with van der Waals surface area (Å²) >= 11 is 1.27.